The first-order valence-electron chi connectivity index (χ1n) is 9.64. The zero-order chi connectivity index (χ0) is 20.4. The summed E-state index contributed by atoms with van der Waals surface area (Å²) in [6.07, 6.45) is 0.937. The van der Waals surface area contributed by atoms with Gasteiger partial charge in [0.2, 0.25) is 0 Å². The summed E-state index contributed by atoms with van der Waals surface area (Å²) in [5.74, 6) is 2.54. The third kappa shape index (κ3) is 5.14. The Kier molecular flexibility index (Phi) is 7.39. The van der Waals surface area contributed by atoms with Crippen LogP contribution in [0.1, 0.15) is 22.3 Å². The van der Waals surface area contributed by atoms with Crippen molar-refractivity contribution in [3.05, 3.63) is 58.7 Å². The van der Waals surface area contributed by atoms with Crippen LogP contribution in [0.15, 0.2) is 36.4 Å². The molecule has 1 fully saturated rings. The second-order valence-corrected chi connectivity index (χ2v) is 9.08. The van der Waals surface area contributed by atoms with Crippen LogP contribution in [0.4, 0.5) is 0 Å². The number of rotatable bonds is 6. The summed E-state index contributed by atoms with van der Waals surface area (Å²) < 4.78 is 10.5. The normalized spacial score (nSPS) is 13.4. The van der Waals surface area contributed by atoms with E-state index in [0.29, 0.717) is 16.2 Å². The van der Waals surface area contributed by atoms with E-state index in [0.717, 1.165) is 42.1 Å². The second kappa shape index (κ2) is 9.81. The van der Waals surface area contributed by atoms with Crippen molar-refractivity contribution in [2.75, 3.05) is 18.8 Å². The van der Waals surface area contributed by atoms with Crippen molar-refractivity contribution in [1.29, 1.82) is 5.41 Å². The van der Waals surface area contributed by atoms with E-state index in [1.54, 1.807) is 11.8 Å². The first-order chi connectivity index (χ1) is 14.0. The van der Waals surface area contributed by atoms with Gasteiger partial charge in [-0.2, -0.15) is 9.36 Å². The Morgan fingerprint density at radius 2 is 1.87 bits per heavy atom. The van der Waals surface area contributed by atoms with Crippen LogP contribution in [0.2, 0.25) is 0 Å². The number of nitrogens with one attached hydrogen (secondary N) is 1. The molecule has 0 aliphatic carbocycles. The minimum Gasteiger partial charge on any atom is -0.430 e. The number of nitrogens with zero attached hydrogens (tertiary/aromatic N) is 3. The topological polar surface area (TPSA) is 62.1 Å². The van der Waals surface area contributed by atoms with Gasteiger partial charge in [0.25, 0.3) is 5.19 Å². The lowest BCUT2D eigenvalue weighted by atomic mass is 10.0. The molecule has 0 spiro atoms. The molecule has 1 N–H and O–H groups in total. The molecule has 2 aromatic carbocycles. The van der Waals surface area contributed by atoms with E-state index >= 15 is 0 Å². The molecule has 0 saturated carbocycles. The summed E-state index contributed by atoms with van der Waals surface area (Å²) in [5, 5.41) is 9.21. The predicted octanol–water partition coefficient (Wildman–Crippen LogP) is 5.87. The number of hydrogen-bond donors (Lipinski definition) is 1. The molecule has 1 saturated heterocycles. The van der Waals surface area contributed by atoms with E-state index in [2.05, 4.69) is 59.3 Å². The summed E-state index contributed by atoms with van der Waals surface area (Å²) >= 11 is 2.90. The number of aromatic nitrogens is 2. The molecule has 5 nitrogen and oxygen atoms in total. The molecule has 1 aromatic heterocycles. The fourth-order valence-corrected chi connectivity index (χ4v) is 4.74. The first kappa shape index (κ1) is 22.6. The van der Waals surface area contributed by atoms with Crippen LogP contribution in [0.3, 0.4) is 0 Å². The molecule has 0 unspecified atom stereocenters. The molecule has 0 atom stereocenters. The minimum absolute atomic E-state index is 0. The van der Waals surface area contributed by atoms with Crippen LogP contribution in [0.5, 0.6) is 10.9 Å². The van der Waals surface area contributed by atoms with Gasteiger partial charge in [0, 0.05) is 35.9 Å². The van der Waals surface area contributed by atoms with Crippen LogP contribution in [-0.4, -0.2) is 38.3 Å². The standard InChI is InChI=1S/C22H24N4OS2.ClH/c1-14-4-6-17(7-5-14)20-24-22(29-25-20)27-19-13-15(2)18(12-16(19)3)8-9-26-10-11-28-21(26)23;/h4-7,12-13,23H,8-11H2,1-3H3;1H. The van der Waals surface area contributed by atoms with Crippen molar-refractivity contribution < 1.29 is 4.74 Å². The van der Waals surface area contributed by atoms with Crippen molar-refractivity contribution >= 4 is 40.9 Å². The van der Waals surface area contributed by atoms with Crippen molar-refractivity contribution in [2.24, 2.45) is 0 Å². The number of benzene rings is 2. The molecular formula is C22H25ClN4OS2. The highest BCUT2D eigenvalue weighted by Gasteiger charge is 2.18. The number of thioether (sulfide) groups is 1. The van der Waals surface area contributed by atoms with Crippen LogP contribution in [0.25, 0.3) is 11.4 Å². The molecule has 0 amide bonds. The fourth-order valence-electron chi connectivity index (χ4n) is 3.31. The maximum Gasteiger partial charge on any atom is 0.299 e. The van der Waals surface area contributed by atoms with Gasteiger partial charge in [0.05, 0.1) is 0 Å². The highest BCUT2D eigenvalue weighted by atomic mass is 35.5. The van der Waals surface area contributed by atoms with Crippen molar-refractivity contribution in [1.82, 2.24) is 14.3 Å². The van der Waals surface area contributed by atoms with E-state index in [1.807, 2.05) is 12.1 Å². The molecule has 1 aliphatic heterocycles. The zero-order valence-electron chi connectivity index (χ0n) is 17.3. The smallest absolute Gasteiger partial charge is 0.299 e. The largest absolute Gasteiger partial charge is 0.430 e. The van der Waals surface area contributed by atoms with E-state index in [-0.39, 0.29) is 12.4 Å². The van der Waals surface area contributed by atoms with Crippen molar-refractivity contribution in [2.45, 2.75) is 27.2 Å². The van der Waals surface area contributed by atoms with Crippen LogP contribution < -0.4 is 4.74 Å². The number of ether oxygens (including phenoxy) is 1. The van der Waals surface area contributed by atoms with Gasteiger partial charge in [-0.05, 0) is 49.9 Å². The third-order valence-corrected chi connectivity index (χ3v) is 6.60. The summed E-state index contributed by atoms with van der Waals surface area (Å²) in [6.45, 7) is 8.11. The molecule has 4 rings (SSSR count). The van der Waals surface area contributed by atoms with E-state index in [9.17, 15) is 0 Å². The molecule has 8 heteroatoms. The number of hydrogen-bond acceptors (Lipinski definition) is 6. The third-order valence-electron chi connectivity index (χ3n) is 5.09. The maximum absolute atomic E-state index is 7.96. The summed E-state index contributed by atoms with van der Waals surface area (Å²) in [7, 11) is 0. The van der Waals surface area contributed by atoms with E-state index in [4.69, 9.17) is 10.1 Å². The van der Waals surface area contributed by atoms with Crippen LogP contribution in [0, 0.1) is 26.2 Å². The Labute approximate surface area is 192 Å². The monoisotopic (exact) mass is 460 g/mol. The lowest BCUT2D eigenvalue weighted by Gasteiger charge is -2.18. The van der Waals surface area contributed by atoms with Gasteiger partial charge < -0.3 is 9.64 Å². The quantitative estimate of drug-likeness (QED) is 0.498. The average molecular weight is 461 g/mol. The SMILES string of the molecule is Cc1ccc(-c2nsc(Oc3cc(C)c(CCN4CCSC4=N)cc3C)n2)cc1.Cl. The van der Waals surface area contributed by atoms with E-state index < -0.39 is 0 Å². The Balaban J connectivity index is 0.00000256. The van der Waals surface area contributed by atoms with Gasteiger partial charge >= 0.3 is 0 Å². The van der Waals surface area contributed by atoms with Gasteiger partial charge in [-0.1, -0.05) is 47.7 Å². The summed E-state index contributed by atoms with van der Waals surface area (Å²) in [6, 6.07) is 12.5. The molecular weight excluding hydrogens is 436 g/mol. The maximum atomic E-state index is 7.96. The molecule has 2 heterocycles. The van der Waals surface area contributed by atoms with Gasteiger partial charge in [0.15, 0.2) is 11.0 Å². The van der Waals surface area contributed by atoms with Gasteiger partial charge in [-0.15, -0.1) is 12.4 Å². The van der Waals surface area contributed by atoms with Gasteiger partial charge in [0.1, 0.15) is 5.75 Å². The predicted molar refractivity (Wildman–Crippen MR) is 129 cm³/mol. The van der Waals surface area contributed by atoms with E-state index in [1.165, 1.54) is 28.2 Å². The Hall–Kier alpha value is -2.09. The van der Waals surface area contributed by atoms with Gasteiger partial charge in [-0.3, -0.25) is 5.41 Å². The molecule has 0 radical (unpaired) electrons. The Morgan fingerprint density at radius 1 is 1.10 bits per heavy atom. The molecule has 30 heavy (non-hydrogen) atoms. The zero-order valence-corrected chi connectivity index (χ0v) is 19.7. The van der Waals surface area contributed by atoms with Gasteiger partial charge in [-0.25, -0.2) is 0 Å². The highest BCUT2D eigenvalue weighted by Crippen LogP contribution is 2.31. The summed E-state index contributed by atoms with van der Waals surface area (Å²) in [4.78, 5) is 6.70. The number of aryl methyl sites for hydroxylation is 3. The second-order valence-electron chi connectivity index (χ2n) is 7.29. The highest BCUT2D eigenvalue weighted by molar-refractivity contribution is 8.14. The van der Waals surface area contributed by atoms with Crippen LogP contribution in [-0.2, 0) is 6.42 Å². The number of halogens is 1. The molecule has 158 valence electrons. The lowest BCUT2D eigenvalue weighted by Crippen LogP contribution is -2.26. The molecule has 0 bridgehead atoms. The Bertz CT molecular complexity index is 1040. The average Bonchev–Trinajstić information content (AvgIpc) is 3.33. The lowest BCUT2D eigenvalue weighted by molar-refractivity contribution is 0.461. The number of amidine groups is 1. The van der Waals surface area contributed by atoms with Crippen LogP contribution >= 0.6 is 35.7 Å². The molecule has 1 aliphatic rings. The van der Waals surface area contributed by atoms with Crippen molar-refractivity contribution in [3.63, 3.8) is 0 Å². The minimum atomic E-state index is 0. The first-order valence-corrected chi connectivity index (χ1v) is 11.4. The summed E-state index contributed by atoms with van der Waals surface area (Å²) in [5.41, 5.74) is 5.80. The molecule has 3 aromatic rings. The Morgan fingerprint density at radius 3 is 2.57 bits per heavy atom. The van der Waals surface area contributed by atoms with Crippen molar-refractivity contribution in [3.8, 4) is 22.3 Å². The fraction of sp³-hybridized carbons (Fsp3) is 0.318.